The lowest BCUT2D eigenvalue weighted by molar-refractivity contribution is 0.0767. The molecular formula is C22H27N3O. The smallest absolute Gasteiger partial charge is 0.253 e. The summed E-state index contributed by atoms with van der Waals surface area (Å²) in [5.74, 6) is 0.186. The monoisotopic (exact) mass is 349 g/mol. The van der Waals surface area contributed by atoms with Crippen molar-refractivity contribution in [3.8, 4) is 0 Å². The normalized spacial score (nSPS) is 17.6. The Morgan fingerprint density at radius 2 is 1.77 bits per heavy atom. The summed E-state index contributed by atoms with van der Waals surface area (Å²) >= 11 is 0. The molecular weight excluding hydrogens is 322 g/mol. The van der Waals surface area contributed by atoms with E-state index in [1.54, 1.807) is 0 Å². The van der Waals surface area contributed by atoms with Crippen LogP contribution in [0.15, 0.2) is 36.5 Å². The van der Waals surface area contributed by atoms with Crippen molar-refractivity contribution in [1.29, 1.82) is 0 Å². The molecule has 0 spiro atoms. The van der Waals surface area contributed by atoms with Crippen LogP contribution in [0.1, 0.15) is 46.4 Å². The lowest BCUT2D eigenvalue weighted by atomic mass is 9.90. The second kappa shape index (κ2) is 7.48. The van der Waals surface area contributed by atoms with Gasteiger partial charge >= 0.3 is 0 Å². The summed E-state index contributed by atoms with van der Waals surface area (Å²) in [5.41, 5.74) is 5.92. The SMILES string of the molecule is Cc1cc(N2CCCN(C(=O)c3ccc4c(c3)CCCC4)CC2)ccn1. The van der Waals surface area contributed by atoms with E-state index in [0.29, 0.717) is 0 Å². The van der Waals surface area contributed by atoms with Crippen LogP contribution in [0.25, 0.3) is 0 Å². The maximum absolute atomic E-state index is 13.0. The molecule has 26 heavy (non-hydrogen) atoms. The van der Waals surface area contributed by atoms with Crippen LogP contribution in [0, 0.1) is 6.92 Å². The number of pyridine rings is 1. The van der Waals surface area contributed by atoms with Crippen LogP contribution < -0.4 is 4.90 Å². The van der Waals surface area contributed by atoms with Gasteiger partial charge < -0.3 is 9.80 Å². The topological polar surface area (TPSA) is 36.4 Å². The van der Waals surface area contributed by atoms with Crippen molar-refractivity contribution in [1.82, 2.24) is 9.88 Å². The molecule has 1 aromatic heterocycles. The van der Waals surface area contributed by atoms with Crippen molar-refractivity contribution < 1.29 is 4.79 Å². The van der Waals surface area contributed by atoms with Crippen LogP contribution in [0.3, 0.4) is 0 Å². The minimum absolute atomic E-state index is 0.186. The molecule has 2 aliphatic rings. The van der Waals surface area contributed by atoms with Gasteiger partial charge in [0.1, 0.15) is 0 Å². The van der Waals surface area contributed by atoms with E-state index < -0.39 is 0 Å². The van der Waals surface area contributed by atoms with E-state index >= 15 is 0 Å². The van der Waals surface area contributed by atoms with Gasteiger partial charge in [0, 0.05) is 49.3 Å². The number of anilines is 1. The van der Waals surface area contributed by atoms with Gasteiger partial charge in [0.25, 0.3) is 5.91 Å². The van der Waals surface area contributed by atoms with Gasteiger partial charge in [-0.15, -0.1) is 0 Å². The number of nitrogens with zero attached hydrogens (tertiary/aromatic N) is 3. The van der Waals surface area contributed by atoms with E-state index in [4.69, 9.17) is 0 Å². The van der Waals surface area contributed by atoms with Gasteiger partial charge in [0.05, 0.1) is 0 Å². The highest BCUT2D eigenvalue weighted by Crippen LogP contribution is 2.23. The first-order valence-corrected chi connectivity index (χ1v) is 9.79. The third-order valence-electron chi connectivity index (χ3n) is 5.62. The van der Waals surface area contributed by atoms with Crippen molar-refractivity contribution >= 4 is 11.6 Å². The molecule has 1 amide bonds. The fraction of sp³-hybridized carbons (Fsp3) is 0.455. The van der Waals surface area contributed by atoms with E-state index in [9.17, 15) is 4.79 Å². The average molecular weight is 349 g/mol. The number of benzene rings is 1. The molecule has 4 nitrogen and oxygen atoms in total. The van der Waals surface area contributed by atoms with E-state index in [1.807, 2.05) is 24.1 Å². The highest BCUT2D eigenvalue weighted by atomic mass is 16.2. The number of carbonyl (C=O) groups excluding carboxylic acids is 1. The van der Waals surface area contributed by atoms with Crippen molar-refractivity contribution in [2.24, 2.45) is 0 Å². The van der Waals surface area contributed by atoms with Crippen LogP contribution in [0.2, 0.25) is 0 Å². The van der Waals surface area contributed by atoms with Crippen LogP contribution in [0.4, 0.5) is 5.69 Å². The maximum atomic E-state index is 13.0. The number of amides is 1. The van der Waals surface area contributed by atoms with Gasteiger partial charge in [-0.1, -0.05) is 6.07 Å². The molecule has 0 unspecified atom stereocenters. The Bertz CT molecular complexity index is 802. The highest BCUT2D eigenvalue weighted by molar-refractivity contribution is 5.94. The standard InChI is InChI=1S/C22H27N3O/c1-17-15-21(9-10-23-17)24-11-4-12-25(14-13-24)22(26)20-8-7-18-5-2-3-6-19(18)16-20/h7-10,15-16H,2-6,11-14H2,1H3. The van der Waals surface area contributed by atoms with Crippen molar-refractivity contribution in [2.45, 2.75) is 39.0 Å². The summed E-state index contributed by atoms with van der Waals surface area (Å²) in [6.07, 6.45) is 7.66. The predicted octanol–water partition coefficient (Wildman–Crippen LogP) is 3.62. The van der Waals surface area contributed by atoms with Gasteiger partial charge in [0.2, 0.25) is 0 Å². The summed E-state index contributed by atoms with van der Waals surface area (Å²) in [7, 11) is 0. The number of rotatable bonds is 2. The maximum Gasteiger partial charge on any atom is 0.253 e. The molecule has 0 atom stereocenters. The number of aryl methyl sites for hydroxylation is 3. The zero-order valence-electron chi connectivity index (χ0n) is 15.6. The first-order chi connectivity index (χ1) is 12.7. The lowest BCUT2D eigenvalue weighted by Crippen LogP contribution is -2.35. The highest BCUT2D eigenvalue weighted by Gasteiger charge is 2.21. The molecule has 1 aromatic carbocycles. The summed E-state index contributed by atoms with van der Waals surface area (Å²) < 4.78 is 0. The fourth-order valence-corrected chi connectivity index (χ4v) is 4.16. The number of hydrogen-bond acceptors (Lipinski definition) is 3. The molecule has 0 bridgehead atoms. The number of hydrogen-bond donors (Lipinski definition) is 0. The van der Waals surface area contributed by atoms with Crippen LogP contribution in [-0.4, -0.2) is 42.0 Å². The Balaban J connectivity index is 1.46. The lowest BCUT2D eigenvalue weighted by Gasteiger charge is -2.24. The molecule has 1 aliphatic heterocycles. The van der Waals surface area contributed by atoms with Crippen molar-refractivity contribution in [3.05, 3.63) is 58.9 Å². The van der Waals surface area contributed by atoms with Crippen LogP contribution >= 0.6 is 0 Å². The summed E-state index contributed by atoms with van der Waals surface area (Å²) in [5, 5.41) is 0. The number of carbonyl (C=O) groups is 1. The van der Waals surface area contributed by atoms with E-state index in [0.717, 1.165) is 56.7 Å². The Hall–Kier alpha value is -2.36. The minimum Gasteiger partial charge on any atom is -0.370 e. The molecule has 2 heterocycles. The molecule has 1 aliphatic carbocycles. The second-order valence-corrected chi connectivity index (χ2v) is 7.48. The average Bonchev–Trinajstić information content (AvgIpc) is 2.93. The first-order valence-electron chi connectivity index (χ1n) is 9.79. The van der Waals surface area contributed by atoms with Crippen molar-refractivity contribution in [2.75, 3.05) is 31.1 Å². The largest absolute Gasteiger partial charge is 0.370 e. The molecule has 1 fully saturated rings. The van der Waals surface area contributed by atoms with Crippen molar-refractivity contribution in [3.63, 3.8) is 0 Å². The Kier molecular flexibility index (Phi) is 4.91. The Labute approximate surface area is 155 Å². The quantitative estimate of drug-likeness (QED) is 0.831. The zero-order valence-corrected chi connectivity index (χ0v) is 15.6. The minimum atomic E-state index is 0.186. The number of fused-ring (bicyclic) bond motifs is 1. The molecule has 0 radical (unpaired) electrons. The van der Waals surface area contributed by atoms with E-state index in [2.05, 4.69) is 34.1 Å². The second-order valence-electron chi connectivity index (χ2n) is 7.48. The third kappa shape index (κ3) is 3.59. The third-order valence-corrected chi connectivity index (χ3v) is 5.62. The Morgan fingerprint density at radius 1 is 0.923 bits per heavy atom. The summed E-state index contributed by atoms with van der Waals surface area (Å²) in [4.78, 5) is 21.7. The van der Waals surface area contributed by atoms with E-state index in [1.165, 1.54) is 29.7 Å². The van der Waals surface area contributed by atoms with Crippen LogP contribution in [-0.2, 0) is 12.8 Å². The molecule has 0 N–H and O–H groups in total. The van der Waals surface area contributed by atoms with Gasteiger partial charge in [-0.25, -0.2) is 0 Å². The van der Waals surface area contributed by atoms with Gasteiger partial charge in [0.15, 0.2) is 0 Å². The van der Waals surface area contributed by atoms with Gasteiger partial charge in [-0.2, -0.15) is 0 Å². The van der Waals surface area contributed by atoms with Gasteiger partial charge in [-0.05, 0) is 74.4 Å². The fourth-order valence-electron chi connectivity index (χ4n) is 4.16. The molecule has 0 saturated carbocycles. The number of aromatic nitrogens is 1. The molecule has 2 aromatic rings. The van der Waals surface area contributed by atoms with Crippen LogP contribution in [0.5, 0.6) is 0 Å². The Morgan fingerprint density at radius 3 is 2.62 bits per heavy atom. The molecule has 4 rings (SSSR count). The molecule has 136 valence electrons. The molecule has 4 heteroatoms. The zero-order chi connectivity index (χ0) is 17.9. The predicted molar refractivity (Wildman–Crippen MR) is 105 cm³/mol. The van der Waals surface area contributed by atoms with Gasteiger partial charge in [-0.3, -0.25) is 9.78 Å². The summed E-state index contributed by atoms with van der Waals surface area (Å²) in [6.45, 7) is 5.48. The van der Waals surface area contributed by atoms with E-state index in [-0.39, 0.29) is 5.91 Å². The first kappa shape index (κ1) is 17.1. The molecule has 1 saturated heterocycles. The summed E-state index contributed by atoms with van der Waals surface area (Å²) in [6, 6.07) is 10.5.